The smallest absolute Gasteiger partial charge is 0.0119 e. The molecule has 0 N–H and O–H groups in total. The topological polar surface area (TPSA) is 0 Å². The van der Waals surface area contributed by atoms with E-state index in [1.54, 1.807) is 0 Å². The Bertz CT molecular complexity index is 641. The summed E-state index contributed by atoms with van der Waals surface area (Å²) in [7, 11) is 0. The Kier molecular flexibility index (Phi) is 1.93. The van der Waals surface area contributed by atoms with E-state index >= 15 is 0 Å². The molecule has 3 aromatic carbocycles. The van der Waals surface area contributed by atoms with Gasteiger partial charge in [-0.15, -0.1) is 12.6 Å². The van der Waals surface area contributed by atoms with Crippen LogP contribution in [0.4, 0.5) is 0 Å². The van der Waals surface area contributed by atoms with Gasteiger partial charge in [0.1, 0.15) is 0 Å². The van der Waals surface area contributed by atoms with Crippen LogP contribution in [0.15, 0.2) is 59.5 Å². The van der Waals surface area contributed by atoms with Gasteiger partial charge in [0.2, 0.25) is 0 Å². The SMILES string of the molecule is Sc1cccc2cc3ccccc3cc12. The molecular weight excluding hydrogens is 200 g/mol. The minimum Gasteiger partial charge on any atom is -0.143 e. The third-order valence-electron chi connectivity index (χ3n) is 2.72. The fourth-order valence-corrected chi connectivity index (χ4v) is 2.23. The molecule has 0 fully saturated rings. The molecule has 3 rings (SSSR count). The summed E-state index contributed by atoms with van der Waals surface area (Å²) in [6.45, 7) is 0. The van der Waals surface area contributed by atoms with Crippen molar-refractivity contribution in [2.45, 2.75) is 4.90 Å². The maximum absolute atomic E-state index is 4.48. The average Bonchev–Trinajstić information content (AvgIpc) is 2.27. The average molecular weight is 210 g/mol. The van der Waals surface area contributed by atoms with Gasteiger partial charge in [0.25, 0.3) is 0 Å². The number of rotatable bonds is 0. The van der Waals surface area contributed by atoms with E-state index in [0.717, 1.165) is 4.90 Å². The summed E-state index contributed by atoms with van der Waals surface area (Å²) in [6, 6.07) is 19.0. The lowest BCUT2D eigenvalue weighted by molar-refractivity contribution is 1.57. The molecule has 0 aliphatic rings. The van der Waals surface area contributed by atoms with Crippen LogP contribution in [0.3, 0.4) is 0 Å². The molecule has 0 spiro atoms. The molecule has 1 heteroatoms. The minimum absolute atomic E-state index is 1.04. The van der Waals surface area contributed by atoms with Gasteiger partial charge in [-0.1, -0.05) is 36.4 Å². The number of thiol groups is 1. The van der Waals surface area contributed by atoms with E-state index in [4.69, 9.17) is 0 Å². The van der Waals surface area contributed by atoms with Crippen LogP contribution in [0.25, 0.3) is 21.5 Å². The molecule has 0 radical (unpaired) electrons. The Hall–Kier alpha value is -1.47. The van der Waals surface area contributed by atoms with Crippen molar-refractivity contribution >= 4 is 34.2 Å². The van der Waals surface area contributed by atoms with Crippen molar-refractivity contribution < 1.29 is 0 Å². The van der Waals surface area contributed by atoms with Crippen molar-refractivity contribution in [3.05, 3.63) is 54.6 Å². The summed E-state index contributed by atoms with van der Waals surface area (Å²) < 4.78 is 0. The maximum atomic E-state index is 4.48. The lowest BCUT2D eigenvalue weighted by Crippen LogP contribution is -1.77. The standard InChI is InChI=1S/C14H10S/c15-14-7-3-6-12-8-10-4-1-2-5-11(10)9-13(12)14/h1-9,15H. The van der Waals surface area contributed by atoms with E-state index in [9.17, 15) is 0 Å². The summed E-state index contributed by atoms with van der Waals surface area (Å²) >= 11 is 4.48. The predicted octanol–water partition coefficient (Wildman–Crippen LogP) is 4.28. The molecule has 0 saturated heterocycles. The van der Waals surface area contributed by atoms with Gasteiger partial charge in [-0.05, 0) is 39.7 Å². The van der Waals surface area contributed by atoms with Crippen LogP contribution in [0.2, 0.25) is 0 Å². The molecule has 0 heterocycles. The fraction of sp³-hybridized carbons (Fsp3) is 0. The molecule has 15 heavy (non-hydrogen) atoms. The summed E-state index contributed by atoms with van der Waals surface area (Å²) in [5.74, 6) is 0. The van der Waals surface area contributed by atoms with Crippen LogP contribution in [0.1, 0.15) is 0 Å². The van der Waals surface area contributed by atoms with E-state index in [0.29, 0.717) is 0 Å². The van der Waals surface area contributed by atoms with Gasteiger partial charge < -0.3 is 0 Å². The van der Waals surface area contributed by atoms with Crippen molar-refractivity contribution in [1.82, 2.24) is 0 Å². The third kappa shape index (κ3) is 1.40. The predicted molar refractivity (Wildman–Crippen MR) is 68.7 cm³/mol. The van der Waals surface area contributed by atoms with Crippen molar-refractivity contribution in [1.29, 1.82) is 0 Å². The van der Waals surface area contributed by atoms with Gasteiger partial charge in [-0.25, -0.2) is 0 Å². The van der Waals surface area contributed by atoms with Crippen LogP contribution in [-0.4, -0.2) is 0 Å². The highest BCUT2D eigenvalue weighted by Gasteiger charge is 1.99. The maximum Gasteiger partial charge on any atom is 0.0119 e. The second kappa shape index (κ2) is 3.28. The van der Waals surface area contributed by atoms with E-state index < -0.39 is 0 Å². The van der Waals surface area contributed by atoms with Crippen LogP contribution in [0, 0.1) is 0 Å². The Labute approximate surface area is 93.9 Å². The highest BCUT2D eigenvalue weighted by atomic mass is 32.1. The molecular formula is C14H10S. The molecule has 3 aromatic rings. The molecule has 72 valence electrons. The van der Waals surface area contributed by atoms with Gasteiger partial charge in [-0.3, -0.25) is 0 Å². The first-order valence-corrected chi connectivity index (χ1v) is 5.40. The van der Waals surface area contributed by atoms with Crippen LogP contribution >= 0.6 is 12.6 Å². The number of hydrogen-bond acceptors (Lipinski definition) is 1. The lowest BCUT2D eigenvalue weighted by Gasteiger charge is -2.03. The highest BCUT2D eigenvalue weighted by molar-refractivity contribution is 7.80. The summed E-state index contributed by atoms with van der Waals surface area (Å²) in [5.41, 5.74) is 0. The first-order valence-electron chi connectivity index (χ1n) is 4.95. The van der Waals surface area contributed by atoms with Crippen molar-refractivity contribution in [2.24, 2.45) is 0 Å². The van der Waals surface area contributed by atoms with Crippen molar-refractivity contribution in [3.8, 4) is 0 Å². The van der Waals surface area contributed by atoms with E-state index in [1.165, 1.54) is 21.5 Å². The molecule has 0 aliphatic carbocycles. The van der Waals surface area contributed by atoms with Crippen molar-refractivity contribution in [3.63, 3.8) is 0 Å². The first-order chi connectivity index (χ1) is 7.34. The fourth-order valence-electron chi connectivity index (χ4n) is 1.95. The zero-order chi connectivity index (χ0) is 10.3. The quantitative estimate of drug-likeness (QED) is 0.415. The third-order valence-corrected chi connectivity index (χ3v) is 3.11. The Morgan fingerprint density at radius 3 is 2.13 bits per heavy atom. The van der Waals surface area contributed by atoms with Crippen LogP contribution in [-0.2, 0) is 0 Å². The minimum atomic E-state index is 1.04. The molecule has 0 unspecified atom stereocenters. The van der Waals surface area contributed by atoms with Crippen molar-refractivity contribution in [2.75, 3.05) is 0 Å². The Balaban J connectivity index is 2.53. The van der Waals surface area contributed by atoms with Gasteiger partial charge in [0.05, 0.1) is 0 Å². The number of hydrogen-bond donors (Lipinski definition) is 1. The summed E-state index contributed by atoms with van der Waals surface area (Å²) in [5, 5.41) is 5.02. The normalized spacial score (nSPS) is 11.0. The zero-order valence-electron chi connectivity index (χ0n) is 8.14. The molecule has 0 atom stereocenters. The lowest BCUT2D eigenvalue weighted by atomic mass is 10.0. The summed E-state index contributed by atoms with van der Waals surface area (Å²) in [6.07, 6.45) is 0. The van der Waals surface area contributed by atoms with Crippen LogP contribution in [0.5, 0.6) is 0 Å². The van der Waals surface area contributed by atoms with E-state index in [-0.39, 0.29) is 0 Å². The molecule has 0 amide bonds. The molecule has 0 aliphatic heterocycles. The Morgan fingerprint density at radius 1 is 0.667 bits per heavy atom. The second-order valence-electron chi connectivity index (χ2n) is 3.70. The first kappa shape index (κ1) is 8.81. The molecule has 0 bridgehead atoms. The van der Waals surface area contributed by atoms with Gasteiger partial charge in [0, 0.05) is 4.90 Å². The largest absolute Gasteiger partial charge is 0.143 e. The van der Waals surface area contributed by atoms with Gasteiger partial charge in [0.15, 0.2) is 0 Å². The molecule has 0 aromatic heterocycles. The second-order valence-corrected chi connectivity index (χ2v) is 4.18. The van der Waals surface area contributed by atoms with Gasteiger partial charge >= 0.3 is 0 Å². The monoisotopic (exact) mass is 210 g/mol. The number of fused-ring (bicyclic) bond motifs is 2. The zero-order valence-corrected chi connectivity index (χ0v) is 9.04. The summed E-state index contributed by atoms with van der Waals surface area (Å²) in [4.78, 5) is 1.04. The number of benzene rings is 3. The Morgan fingerprint density at radius 2 is 1.33 bits per heavy atom. The van der Waals surface area contributed by atoms with E-state index in [1.807, 2.05) is 12.1 Å². The highest BCUT2D eigenvalue weighted by Crippen LogP contribution is 2.26. The van der Waals surface area contributed by atoms with Crippen LogP contribution < -0.4 is 0 Å². The van der Waals surface area contributed by atoms with E-state index in [2.05, 4.69) is 55.1 Å². The van der Waals surface area contributed by atoms with Gasteiger partial charge in [-0.2, -0.15) is 0 Å². The molecule has 0 saturated carbocycles. The molecule has 0 nitrogen and oxygen atoms in total.